The highest BCUT2D eigenvalue weighted by molar-refractivity contribution is 5.71. The van der Waals surface area contributed by atoms with Crippen molar-refractivity contribution in [2.75, 3.05) is 20.1 Å². The van der Waals surface area contributed by atoms with Crippen molar-refractivity contribution in [3.8, 4) is 0 Å². The fourth-order valence-electron chi connectivity index (χ4n) is 3.71. The van der Waals surface area contributed by atoms with Gasteiger partial charge in [-0.05, 0) is 44.1 Å². The summed E-state index contributed by atoms with van der Waals surface area (Å²) in [5.41, 5.74) is 0. The van der Waals surface area contributed by atoms with Gasteiger partial charge in [0.25, 0.3) is 0 Å². The van der Waals surface area contributed by atoms with Crippen molar-refractivity contribution in [3.05, 3.63) is 0 Å². The Kier molecular flexibility index (Phi) is 4.08. The molecule has 0 aromatic carbocycles. The molecule has 110 valence electrons. The summed E-state index contributed by atoms with van der Waals surface area (Å²) in [6.45, 7) is 0.133. The highest BCUT2D eigenvalue weighted by Gasteiger charge is 2.46. The van der Waals surface area contributed by atoms with Gasteiger partial charge in [-0.15, -0.1) is 0 Å². The summed E-state index contributed by atoms with van der Waals surface area (Å²) in [5.74, 6) is -2.22. The molecule has 2 bridgehead atoms. The molecular formula is C13H20F3NO2. The van der Waals surface area contributed by atoms with Crippen molar-refractivity contribution < 1.29 is 23.1 Å². The third kappa shape index (κ3) is 3.41. The van der Waals surface area contributed by atoms with Crippen molar-refractivity contribution in [2.24, 2.45) is 23.7 Å². The van der Waals surface area contributed by atoms with E-state index in [0.29, 0.717) is 18.4 Å². The molecule has 2 aliphatic rings. The molecule has 0 aromatic heterocycles. The standard InChI is InChI=1S/C13H20F3NO2/c1-17(7-11(12(18)19)13(14,15)16)6-10-5-8-2-3-9(10)4-8/h8-11H,2-7H2,1H3,(H,18,19). The maximum Gasteiger partial charge on any atom is 0.403 e. The smallest absolute Gasteiger partial charge is 0.403 e. The predicted molar refractivity (Wildman–Crippen MR) is 63.6 cm³/mol. The second-order valence-corrected chi connectivity index (χ2v) is 6.09. The summed E-state index contributed by atoms with van der Waals surface area (Å²) >= 11 is 0. The van der Waals surface area contributed by atoms with E-state index >= 15 is 0 Å². The summed E-state index contributed by atoms with van der Waals surface area (Å²) in [6, 6.07) is 0. The fourth-order valence-corrected chi connectivity index (χ4v) is 3.71. The Labute approximate surface area is 110 Å². The van der Waals surface area contributed by atoms with Crippen LogP contribution in [-0.4, -0.2) is 42.3 Å². The van der Waals surface area contributed by atoms with Crippen molar-refractivity contribution in [1.82, 2.24) is 4.90 Å². The summed E-state index contributed by atoms with van der Waals surface area (Å²) in [4.78, 5) is 12.2. The van der Waals surface area contributed by atoms with Crippen LogP contribution >= 0.6 is 0 Å². The Bertz CT molecular complexity index is 345. The summed E-state index contributed by atoms with van der Waals surface area (Å²) in [5, 5.41) is 8.68. The summed E-state index contributed by atoms with van der Waals surface area (Å²) < 4.78 is 37.8. The van der Waals surface area contributed by atoms with Gasteiger partial charge < -0.3 is 10.0 Å². The zero-order valence-corrected chi connectivity index (χ0v) is 11.0. The molecule has 4 atom stereocenters. The second kappa shape index (κ2) is 5.31. The molecule has 4 unspecified atom stereocenters. The zero-order valence-electron chi connectivity index (χ0n) is 11.0. The predicted octanol–water partition coefficient (Wildman–Crippen LogP) is 2.62. The molecule has 0 aliphatic heterocycles. The summed E-state index contributed by atoms with van der Waals surface area (Å²) in [6.07, 6.45) is 0.0731. The number of halogens is 3. The van der Waals surface area contributed by atoms with Crippen molar-refractivity contribution in [1.29, 1.82) is 0 Å². The van der Waals surface area contributed by atoms with Gasteiger partial charge in [0.15, 0.2) is 5.92 Å². The molecule has 6 heteroatoms. The number of hydrogen-bond acceptors (Lipinski definition) is 2. The fraction of sp³-hybridized carbons (Fsp3) is 0.923. The number of carbonyl (C=O) groups is 1. The van der Waals surface area contributed by atoms with Gasteiger partial charge in [0, 0.05) is 13.1 Å². The van der Waals surface area contributed by atoms with Crippen LogP contribution in [0.2, 0.25) is 0 Å². The largest absolute Gasteiger partial charge is 0.481 e. The number of rotatable bonds is 5. The van der Waals surface area contributed by atoms with Crippen LogP contribution in [0.1, 0.15) is 25.7 Å². The minimum Gasteiger partial charge on any atom is -0.481 e. The van der Waals surface area contributed by atoms with Gasteiger partial charge in [-0.25, -0.2) is 0 Å². The number of hydrogen-bond donors (Lipinski definition) is 1. The first-order chi connectivity index (χ1) is 8.77. The van der Waals surface area contributed by atoms with Gasteiger partial charge in [-0.1, -0.05) is 6.42 Å². The molecule has 2 fully saturated rings. The van der Waals surface area contributed by atoms with Gasteiger partial charge in [0.05, 0.1) is 0 Å². The Morgan fingerprint density at radius 1 is 1.37 bits per heavy atom. The maximum atomic E-state index is 12.6. The Morgan fingerprint density at radius 2 is 2.05 bits per heavy atom. The van der Waals surface area contributed by atoms with Crippen molar-refractivity contribution in [3.63, 3.8) is 0 Å². The Morgan fingerprint density at radius 3 is 2.47 bits per heavy atom. The maximum absolute atomic E-state index is 12.6. The minimum atomic E-state index is -4.67. The van der Waals surface area contributed by atoms with Crippen LogP contribution in [0.4, 0.5) is 13.2 Å². The van der Waals surface area contributed by atoms with Crippen LogP contribution in [-0.2, 0) is 4.79 Å². The topological polar surface area (TPSA) is 40.5 Å². The van der Waals surface area contributed by atoms with Crippen molar-refractivity contribution in [2.45, 2.75) is 31.9 Å². The van der Waals surface area contributed by atoms with Gasteiger partial charge in [0.1, 0.15) is 0 Å². The molecule has 0 amide bonds. The van der Waals surface area contributed by atoms with Gasteiger partial charge in [-0.2, -0.15) is 13.2 Å². The highest BCUT2D eigenvalue weighted by atomic mass is 19.4. The van der Waals surface area contributed by atoms with E-state index in [0.717, 1.165) is 12.3 Å². The average Bonchev–Trinajstić information content (AvgIpc) is 2.85. The van der Waals surface area contributed by atoms with E-state index in [1.165, 1.54) is 24.2 Å². The van der Waals surface area contributed by atoms with Crippen molar-refractivity contribution >= 4 is 5.97 Å². The molecule has 3 nitrogen and oxygen atoms in total. The number of carboxylic acid groups (broad SMARTS) is 1. The van der Waals surface area contributed by atoms with Gasteiger partial charge >= 0.3 is 12.1 Å². The number of aliphatic carboxylic acids is 1. The second-order valence-electron chi connectivity index (χ2n) is 6.09. The first-order valence-electron chi connectivity index (χ1n) is 6.75. The lowest BCUT2D eigenvalue weighted by molar-refractivity contribution is -0.196. The van der Waals surface area contributed by atoms with Crippen LogP contribution in [0.3, 0.4) is 0 Å². The Hall–Kier alpha value is -0.780. The molecule has 0 heterocycles. The average molecular weight is 279 g/mol. The first-order valence-corrected chi connectivity index (χ1v) is 6.75. The molecule has 0 spiro atoms. The SMILES string of the molecule is CN(CC1CC2CCC1C2)CC(C(=O)O)C(F)(F)F. The number of nitrogens with zero attached hydrogens (tertiary/aromatic N) is 1. The van der Waals surface area contributed by atoms with Crippen LogP contribution < -0.4 is 0 Å². The quantitative estimate of drug-likeness (QED) is 0.841. The molecular weight excluding hydrogens is 259 g/mol. The van der Waals surface area contributed by atoms with E-state index in [1.54, 1.807) is 7.05 Å². The normalized spacial score (nSPS) is 31.9. The van der Waals surface area contributed by atoms with E-state index in [2.05, 4.69) is 0 Å². The van der Waals surface area contributed by atoms with Crippen LogP contribution in [0.5, 0.6) is 0 Å². The number of carboxylic acids is 1. The molecule has 0 saturated heterocycles. The summed E-state index contributed by atoms with van der Waals surface area (Å²) in [7, 11) is 1.59. The Balaban J connectivity index is 1.86. The lowest BCUT2D eigenvalue weighted by Gasteiger charge is -2.29. The number of fused-ring (bicyclic) bond motifs is 2. The lowest BCUT2D eigenvalue weighted by atomic mass is 9.88. The highest BCUT2D eigenvalue weighted by Crippen LogP contribution is 2.48. The van der Waals surface area contributed by atoms with E-state index in [-0.39, 0.29) is 0 Å². The molecule has 2 aliphatic carbocycles. The molecule has 0 radical (unpaired) electrons. The molecule has 2 rings (SSSR count). The molecule has 0 aromatic rings. The van der Waals surface area contributed by atoms with Crippen LogP contribution in [0.15, 0.2) is 0 Å². The molecule has 1 N–H and O–H groups in total. The van der Waals surface area contributed by atoms with E-state index in [1.807, 2.05) is 0 Å². The van der Waals surface area contributed by atoms with E-state index in [9.17, 15) is 18.0 Å². The first kappa shape index (κ1) is 14.6. The lowest BCUT2D eigenvalue weighted by Crippen LogP contribution is -2.41. The third-order valence-electron chi connectivity index (χ3n) is 4.62. The monoisotopic (exact) mass is 279 g/mol. The third-order valence-corrected chi connectivity index (χ3v) is 4.62. The number of alkyl halides is 3. The van der Waals surface area contributed by atoms with Gasteiger partial charge in [0.2, 0.25) is 0 Å². The minimum absolute atomic E-state index is 0.450. The molecule has 2 saturated carbocycles. The van der Waals surface area contributed by atoms with Crippen LogP contribution in [0.25, 0.3) is 0 Å². The molecule has 19 heavy (non-hydrogen) atoms. The van der Waals surface area contributed by atoms with Crippen LogP contribution in [0, 0.1) is 23.7 Å². The zero-order chi connectivity index (χ0) is 14.2. The van der Waals surface area contributed by atoms with E-state index < -0.39 is 24.6 Å². The van der Waals surface area contributed by atoms with E-state index in [4.69, 9.17) is 5.11 Å². The van der Waals surface area contributed by atoms with Gasteiger partial charge in [-0.3, -0.25) is 4.79 Å².